The summed E-state index contributed by atoms with van der Waals surface area (Å²) in [5.74, 6) is -0.121. The van der Waals surface area contributed by atoms with Crippen molar-refractivity contribution in [2.45, 2.75) is 26.4 Å². The maximum Gasteiger partial charge on any atom is 0.278 e. The average Bonchev–Trinajstić information content (AvgIpc) is 3.27. The zero-order chi connectivity index (χ0) is 21.0. The second-order valence-corrected chi connectivity index (χ2v) is 8.09. The summed E-state index contributed by atoms with van der Waals surface area (Å²) in [6.45, 7) is 4.68. The number of carbonyl (C=O) groups excluding carboxylic acids is 2. The van der Waals surface area contributed by atoms with Crippen molar-refractivity contribution in [3.05, 3.63) is 51.3 Å². The van der Waals surface area contributed by atoms with E-state index in [0.29, 0.717) is 41.6 Å². The van der Waals surface area contributed by atoms with Crippen molar-refractivity contribution in [3.8, 4) is 5.75 Å². The van der Waals surface area contributed by atoms with Crippen LogP contribution in [0.4, 0.5) is 5.69 Å². The molecule has 0 saturated heterocycles. The Labute approximate surface area is 179 Å². The Balaban J connectivity index is 1.85. The van der Waals surface area contributed by atoms with Gasteiger partial charge in [0.15, 0.2) is 0 Å². The van der Waals surface area contributed by atoms with E-state index in [1.54, 1.807) is 18.2 Å². The van der Waals surface area contributed by atoms with Gasteiger partial charge < -0.3 is 14.8 Å². The molecule has 1 aliphatic heterocycles. The number of amides is 2. The molecular formula is C21H23ClN2O4S. The van der Waals surface area contributed by atoms with Crippen molar-refractivity contribution in [2.24, 2.45) is 0 Å². The van der Waals surface area contributed by atoms with E-state index in [2.05, 4.69) is 5.32 Å². The highest BCUT2D eigenvalue weighted by atomic mass is 35.5. The van der Waals surface area contributed by atoms with Gasteiger partial charge in [-0.15, -0.1) is 11.3 Å². The summed E-state index contributed by atoms with van der Waals surface area (Å²) in [7, 11) is 1.53. The highest BCUT2D eigenvalue weighted by Gasteiger charge is 2.39. The van der Waals surface area contributed by atoms with Gasteiger partial charge >= 0.3 is 0 Å². The van der Waals surface area contributed by atoms with Crippen LogP contribution in [0.1, 0.15) is 25.1 Å². The summed E-state index contributed by atoms with van der Waals surface area (Å²) in [4.78, 5) is 28.1. The second kappa shape index (κ2) is 9.43. The lowest BCUT2D eigenvalue weighted by atomic mass is 10.2. The van der Waals surface area contributed by atoms with Crippen LogP contribution in [0.25, 0.3) is 5.57 Å². The number of ether oxygens (including phenoxy) is 2. The molecule has 0 fully saturated rings. The van der Waals surface area contributed by atoms with Crippen LogP contribution in [0, 0.1) is 0 Å². The lowest BCUT2D eigenvalue weighted by Gasteiger charge is -2.16. The number of thiophene rings is 1. The maximum absolute atomic E-state index is 13.1. The number of nitrogens with one attached hydrogen (secondary N) is 1. The number of nitrogens with zero attached hydrogens (tertiary/aromatic N) is 1. The van der Waals surface area contributed by atoms with E-state index >= 15 is 0 Å². The monoisotopic (exact) mass is 434 g/mol. The SMILES string of the molecule is COc1ccc(NC2=C(c3cccs3)C(=O)N(CCCOC(C)C)C2=O)cc1Cl. The van der Waals surface area contributed by atoms with Crippen LogP contribution in [0.5, 0.6) is 5.75 Å². The van der Waals surface area contributed by atoms with Crippen LogP contribution in [-0.4, -0.2) is 43.1 Å². The van der Waals surface area contributed by atoms with Crippen LogP contribution in [0.2, 0.25) is 5.02 Å². The molecule has 0 aliphatic carbocycles. The third kappa shape index (κ3) is 4.80. The lowest BCUT2D eigenvalue weighted by molar-refractivity contribution is -0.137. The molecule has 8 heteroatoms. The summed E-state index contributed by atoms with van der Waals surface area (Å²) >= 11 is 7.61. The number of rotatable bonds is 9. The molecule has 2 aromatic rings. The smallest absolute Gasteiger partial charge is 0.278 e. The molecule has 1 aromatic heterocycles. The third-order valence-corrected chi connectivity index (χ3v) is 5.52. The van der Waals surface area contributed by atoms with Gasteiger partial charge in [0.05, 0.1) is 23.8 Å². The zero-order valence-corrected chi connectivity index (χ0v) is 18.1. The molecule has 0 radical (unpaired) electrons. The summed E-state index contributed by atoms with van der Waals surface area (Å²) in [6, 6.07) is 8.81. The fourth-order valence-electron chi connectivity index (χ4n) is 2.97. The Morgan fingerprint density at radius 3 is 2.62 bits per heavy atom. The van der Waals surface area contributed by atoms with E-state index in [1.807, 2.05) is 31.4 Å². The number of anilines is 1. The van der Waals surface area contributed by atoms with Crippen molar-refractivity contribution >= 4 is 46.0 Å². The summed E-state index contributed by atoms with van der Waals surface area (Å²) in [6.07, 6.45) is 0.687. The second-order valence-electron chi connectivity index (χ2n) is 6.74. The number of carbonyl (C=O) groups is 2. The van der Waals surface area contributed by atoms with Crippen LogP contribution < -0.4 is 10.1 Å². The predicted octanol–water partition coefficient (Wildman–Crippen LogP) is 4.42. The Kier molecular flexibility index (Phi) is 6.95. The molecular weight excluding hydrogens is 412 g/mol. The molecule has 0 unspecified atom stereocenters. The minimum absolute atomic E-state index is 0.108. The number of hydrogen-bond donors (Lipinski definition) is 1. The fraction of sp³-hybridized carbons (Fsp3) is 0.333. The van der Waals surface area contributed by atoms with Crippen molar-refractivity contribution in [1.29, 1.82) is 0 Å². The van der Waals surface area contributed by atoms with E-state index in [9.17, 15) is 9.59 Å². The van der Waals surface area contributed by atoms with Gasteiger partial charge in [0, 0.05) is 23.7 Å². The number of hydrogen-bond acceptors (Lipinski definition) is 6. The number of imide groups is 1. The predicted molar refractivity (Wildman–Crippen MR) is 115 cm³/mol. The van der Waals surface area contributed by atoms with Gasteiger partial charge in [0.2, 0.25) is 0 Å². The molecule has 0 saturated carbocycles. The van der Waals surface area contributed by atoms with Gasteiger partial charge in [0.25, 0.3) is 11.8 Å². The first-order valence-electron chi connectivity index (χ1n) is 9.29. The van der Waals surface area contributed by atoms with Gasteiger partial charge in [-0.3, -0.25) is 14.5 Å². The fourth-order valence-corrected chi connectivity index (χ4v) is 4.00. The zero-order valence-electron chi connectivity index (χ0n) is 16.5. The van der Waals surface area contributed by atoms with Gasteiger partial charge in [0.1, 0.15) is 11.4 Å². The molecule has 1 aromatic carbocycles. The molecule has 0 bridgehead atoms. The Hall–Kier alpha value is -2.35. The molecule has 2 amide bonds. The molecule has 2 heterocycles. The van der Waals surface area contributed by atoms with Gasteiger partial charge in [-0.2, -0.15) is 0 Å². The normalized spacial score (nSPS) is 14.3. The molecule has 29 heavy (non-hydrogen) atoms. The molecule has 6 nitrogen and oxygen atoms in total. The summed E-state index contributed by atoms with van der Waals surface area (Å²) in [5.41, 5.74) is 1.23. The molecule has 0 spiro atoms. The highest BCUT2D eigenvalue weighted by Crippen LogP contribution is 2.34. The minimum atomic E-state index is -0.352. The van der Waals surface area contributed by atoms with Crippen molar-refractivity contribution < 1.29 is 19.1 Å². The maximum atomic E-state index is 13.1. The van der Waals surface area contributed by atoms with Crippen LogP contribution in [-0.2, 0) is 14.3 Å². The Bertz CT molecular complexity index is 925. The van der Waals surface area contributed by atoms with Crippen molar-refractivity contribution in [3.63, 3.8) is 0 Å². The third-order valence-electron chi connectivity index (χ3n) is 4.33. The van der Waals surface area contributed by atoms with Crippen molar-refractivity contribution in [2.75, 3.05) is 25.6 Å². The largest absolute Gasteiger partial charge is 0.495 e. The van der Waals surface area contributed by atoms with Gasteiger partial charge in [-0.1, -0.05) is 17.7 Å². The Morgan fingerprint density at radius 2 is 2.00 bits per heavy atom. The lowest BCUT2D eigenvalue weighted by Crippen LogP contribution is -2.34. The molecule has 0 atom stereocenters. The van der Waals surface area contributed by atoms with Gasteiger partial charge in [-0.05, 0) is 49.9 Å². The standard InChI is InChI=1S/C21H23ClN2O4S/c1-13(2)28-10-5-9-24-20(25)18(17-6-4-11-29-17)19(21(24)26)23-14-7-8-16(27-3)15(22)12-14/h4,6-8,11-13,23H,5,9-10H2,1-3H3. The summed E-state index contributed by atoms with van der Waals surface area (Å²) in [5, 5.41) is 5.38. The first-order valence-corrected chi connectivity index (χ1v) is 10.5. The quantitative estimate of drug-likeness (QED) is 0.467. The topological polar surface area (TPSA) is 67.9 Å². The first kappa shape index (κ1) is 21.4. The van der Waals surface area contributed by atoms with E-state index in [4.69, 9.17) is 21.1 Å². The number of benzene rings is 1. The molecule has 154 valence electrons. The van der Waals surface area contributed by atoms with Gasteiger partial charge in [-0.25, -0.2) is 0 Å². The van der Waals surface area contributed by atoms with Crippen LogP contribution in [0.15, 0.2) is 41.4 Å². The van der Waals surface area contributed by atoms with Crippen LogP contribution >= 0.6 is 22.9 Å². The molecule has 3 rings (SSSR count). The van der Waals surface area contributed by atoms with E-state index in [-0.39, 0.29) is 23.6 Å². The van der Waals surface area contributed by atoms with E-state index < -0.39 is 0 Å². The Morgan fingerprint density at radius 1 is 1.21 bits per heavy atom. The number of methoxy groups -OCH3 is 1. The average molecular weight is 435 g/mol. The van der Waals surface area contributed by atoms with Crippen molar-refractivity contribution in [1.82, 2.24) is 4.90 Å². The first-order chi connectivity index (χ1) is 13.9. The molecule has 1 N–H and O–H groups in total. The highest BCUT2D eigenvalue weighted by molar-refractivity contribution is 7.11. The van der Waals surface area contributed by atoms with E-state index in [0.717, 1.165) is 4.88 Å². The van der Waals surface area contributed by atoms with E-state index in [1.165, 1.54) is 23.3 Å². The van der Waals surface area contributed by atoms with Crippen LogP contribution in [0.3, 0.4) is 0 Å². The minimum Gasteiger partial charge on any atom is -0.495 e. The summed E-state index contributed by atoms with van der Waals surface area (Å²) < 4.78 is 10.7. The number of halogens is 1. The molecule has 1 aliphatic rings.